The van der Waals surface area contributed by atoms with Gasteiger partial charge in [0.1, 0.15) is 0 Å². The highest BCUT2D eigenvalue weighted by molar-refractivity contribution is 5.89. The minimum absolute atomic E-state index is 0.0553. The molecule has 0 saturated carbocycles. The van der Waals surface area contributed by atoms with Gasteiger partial charge in [0, 0.05) is 11.6 Å². The molecule has 2 heteroatoms. The molecule has 3 aromatic carbocycles. The van der Waals surface area contributed by atoms with E-state index in [4.69, 9.17) is 9.98 Å². The molecular weight excluding hydrogens is 376 g/mol. The van der Waals surface area contributed by atoms with Crippen molar-refractivity contribution in [2.24, 2.45) is 4.99 Å². The average Bonchev–Trinajstić information content (AvgIpc) is 2.83. The highest BCUT2D eigenvalue weighted by Crippen LogP contribution is 2.26. The molecule has 4 rings (SSSR count). The second-order valence-electron chi connectivity index (χ2n) is 7.21. The number of nitrogens with zero attached hydrogens (tertiary/aromatic N) is 2. The fourth-order valence-corrected chi connectivity index (χ4v) is 3.56. The predicted octanol–water partition coefficient (Wildman–Crippen LogP) is 7.20. The van der Waals surface area contributed by atoms with Crippen LogP contribution in [0.1, 0.15) is 28.4 Å². The van der Waals surface area contributed by atoms with Gasteiger partial charge in [0.25, 0.3) is 0 Å². The average molecular weight is 401 g/mol. The first-order chi connectivity index (χ1) is 15.3. The maximum absolute atomic E-state index is 4.95. The van der Waals surface area contributed by atoms with Gasteiger partial charge >= 0.3 is 0 Å². The zero-order valence-electron chi connectivity index (χ0n) is 17.4. The minimum Gasteiger partial charge on any atom is -0.280 e. The quantitative estimate of drug-likeness (QED) is 0.238. The predicted molar refractivity (Wildman–Crippen MR) is 132 cm³/mol. The van der Waals surface area contributed by atoms with Crippen molar-refractivity contribution in [3.63, 3.8) is 0 Å². The summed E-state index contributed by atoms with van der Waals surface area (Å²) >= 11 is 0. The number of rotatable bonds is 7. The van der Waals surface area contributed by atoms with Gasteiger partial charge < -0.3 is 0 Å². The van der Waals surface area contributed by atoms with Gasteiger partial charge in [0.2, 0.25) is 0 Å². The van der Waals surface area contributed by atoms with Crippen molar-refractivity contribution in [1.29, 1.82) is 0 Å². The van der Waals surface area contributed by atoms with Crippen molar-refractivity contribution in [1.82, 2.24) is 4.98 Å². The Kier molecular flexibility index (Phi) is 6.29. The molecule has 0 aliphatic heterocycles. The number of pyridine rings is 1. The fraction of sp³-hybridized carbons (Fsp3) is 0.0345. The first-order valence-corrected chi connectivity index (χ1v) is 10.3. The number of hydrogen-bond acceptors (Lipinski definition) is 2. The second kappa shape index (κ2) is 9.64. The van der Waals surface area contributed by atoms with Gasteiger partial charge in [-0.25, -0.2) is 4.98 Å². The lowest BCUT2D eigenvalue weighted by molar-refractivity contribution is 0.878. The van der Waals surface area contributed by atoms with E-state index in [0.29, 0.717) is 0 Å². The van der Waals surface area contributed by atoms with Gasteiger partial charge in [-0.05, 0) is 34.4 Å². The Morgan fingerprint density at radius 1 is 0.806 bits per heavy atom. The summed E-state index contributed by atoms with van der Waals surface area (Å²) in [6.07, 6.45) is 7.40. The van der Waals surface area contributed by atoms with Crippen LogP contribution in [0.4, 0.5) is 0 Å². The van der Waals surface area contributed by atoms with E-state index in [0.717, 1.165) is 38.9 Å². The van der Waals surface area contributed by atoms with E-state index < -0.39 is 0 Å². The summed E-state index contributed by atoms with van der Waals surface area (Å²) in [6, 6.07) is 31.0. The lowest BCUT2D eigenvalue weighted by Crippen LogP contribution is -1.99. The number of hydrogen-bond donors (Lipinski definition) is 0. The normalized spacial score (nSPS) is 11.8. The number of allylic oxidation sites excluding steroid dienone is 4. The molecule has 4 aromatic rings. The van der Waals surface area contributed by atoms with E-state index in [1.165, 1.54) is 0 Å². The topological polar surface area (TPSA) is 25.2 Å². The van der Waals surface area contributed by atoms with Crippen molar-refractivity contribution < 1.29 is 0 Å². The van der Waals surface area contributed by atoms with Crippen molar-refractivity contribution in [2.75, 3.05) is 0 Å². The Hall–Kier alpha value is -4.04. The molecule has 0 amide bonds. The SMILES string of the molecule is C=C/C=C(\C=C)c1ccc2ccc(C=NC(c3ccccc3)c3ccccc3)cc2n1. The summed E-state index contributed by atoms with van der Waals surface area (Å²) in [4.78, 5) is 9.77. The van der Waals surface area contributed by atoms with E-state index >= 15 is 0 Å². The third kappa shape index (κ3) is 4.76. The Labute approximate surface area is 183 Å². The Morgan fingerprint density at radius 2 is 1.45 bits per heavy atom. The molecule has 0 spiro atoms. The van der Waals surface area contributed by atoms with E-state index in [1.807, 2.05) is 30.5 Å². The molecule has 2 nitrogen and oxygen atoms in total. The number of aromatic nitrogens is 1. The van der Waals surface area contributed by atoms with Gasteiger partial charge in [-0.2, -0.15) is 0 Å². The molecule has 0 fully saturated rings. The van der Waals surface area contributed by atoms with Crippen molar-refractivity contribution in [3.05, 3.63) is 145 Å². The van der Waals surface area contributed by atoms with Crippen LogP contribution in [0.5, 0.6) is 0 Å². The molecule has 150 valence electrons. The van der Waals surface area contributed by atoms with E-state index in [-0.39, 0.29) is 6.04 Å². The zero-order valence-corrected chi connectivity index (χ0v) is 17.4. The molecule has 0 saturated heterocycles. The smallest absolute Gasteiger partial charge is 0.0999 e. The van der Waals surface area contributed by atoms with E-state index in [2.05, 4.69) is 86.0 Å². The molecule has 0 aliphatic carbocycles. The number of aliphatic imine (C=N–C) groups is 1. The van der Waals surface area contributed by atoms with Crippen molar-refractivity contribution >= 4 is 22.7 Å². The summed E-state index contributed by atoms with van der Waals surface area (Å²) in [5.74, 6) is 0. The zero-order chi connectivity index (χ0) is 21.5. The second-order valence-corrected chi connectivity index (χ2v) is 7.21. The highest BCUT2D eigenvalue weighted by Gasteiger charge is 2.11. The number of fused-ring (bicyclic) bond motifs is 1. The maximum atomic E-state index is 4.95. The first kappa shape index (κ1) is 20.2. The molecule has 0 radical (unpaired) electrons. The van der Waals surface area contributed by atoms with Crippen LogP contribution in [0, 0.1) is 0 Å². The Bertz CT molecular complexity index is 1210. The molecule has 0 bridgehead atoms. The monoisotopic (exact) mass is 400 g/mol. The van der Waals surface area contributed by atoms with Crippen LogP contribution in [0.25, 0.3) is 16.5 Å². The van der Waals surface area contributed by atoms with Crippen LogP contribution in [0.15, 0.2) is 127 Å². The summed E-state index contributed by atoms with van der Waals surface area (Å²) < 4.78 is 0. The van der Waals surface area contributed by atoms with Gasteiger partial charge in [-0.1, -0.05) is 110 Å². The summed E-state index contributed by atoms with van der Waals surface area (Å²) in [5, 5.41) is 1.09. The molecule has 1 aromatic heterocycles. The van der Waals surface area contributed by atoms with E-state index in [1.54, 1.807) is 12.2 Å². The van der Waals surface area contributed by atoms with Crippen molar-refractivity contribution in [2.45, 2.75) is 6.04 Å². The first-order valence-electron chi connectivity index (χ1n) is 10.3. The van der Waals surface area contributed by atoms with Gasteiger partial charge in [-0.3, -0.25) is 4.99 Å². The third-order valence-corrected chi connectivity index (χ3v) is 5.13. The van der Waals surface area contributed by atoms with Gasteiger partial charge in [0.05, 0.1) is 17.3 Å². The molecule has 0 aliphatic rings. The van der Waals surface area contributed by atoms with Crippen molar-refractivity contribution in [3.8, 4) is 0 Å². The van der Waals surface area contributed by atoms with Crippen LogP contribution >= 0.6 is 0 Å². The summed E-state index contributed by atoms with van der Waals surface area (Å²) in [5.41, 5.74) is 6.09. The largest absolute Gasteiger partial charge is 0.280 e. The molecule has 1 heterocycles. The third-order valence-electron chi connectivity index (χ3n) is 5.13. The lowest BCUT2D eigenvalue weighted by Gasteiger charge is -2.13. The molecule has 31 heavy (non-hydrogen) atoms. The molecular formula is C29H24N2. The lowest BCUT2D eigenvalue weighted by atomic mass is 9.99. The Balaban J connectivity index is 1.71. The van der Waals surface area contributed by atoms with Crippen LogP contribution in [0.2, 0.25) is 0 Å². The highest BCUT2D eigenvalue weighted by atomic mass is 14.8. The Morgan fingerprint density at radius 3 is 2.06 bits per heavy atom. The molecule has 0 atom stereocenters. The maximum Gasteiger partial charge on any atom is 0.0999 e. The van der Waals surface area contributed by atoms with Gasteiger partial charge in [-0.15, -0.1) is 0 Å². The summed E-state index contributed by atoms with van der Waals surface area (Å²) in [7, 11) is 0. The number of benzene rings is 3. The molecule has 0 N–H and O–H groups in total. The van der Waals surface area contributed by atoms with Crippen LogP contribution < -0.4 is 0 Å². The van der Waals surface area contributed by atoms with Crippen LogP contribution in [0.3, 0.4) is 0 Å². The van der Waals surface area contributed by atoms with Gasteiger partial charge in [0.15, 0.2) is 0 Å². The van der Waals surface area contributed by atoms with Crippen LogP contribution in [-0.2, 0) is 0 Å². The van der Waals surface area contributed by atoms with E-state index in [9.17, 15) is 0 Å². The minimum atomic E-state index is -0.0553. The van der Waals surface area contributed by atoms with Crippen LogP contribution in [-0.4, -0.2) is 11.2 Å². The molecule has 0 unspecified atom stereocenters. The fourth-order valence-electron chi connectivity index (χ4n) is 3.56. The summed E-state index contributed by atoms with van der Waals surface area (Å²) in [6.45, 7) is 7.65. The standard InChI is InChI=1S/C29H24N2/c1-3-11-23(4-2)27-19-18-24-17-16-22(20-28(24)31-27)21-30-29(25-12-7-5-8-13-25)26-14-9-6-10-15-26/h3-21,29H,1-2H2/b23-11+,30-21?.